The van der Waals surface area contributed by atoms with E-state index in [2.05, 4.69) is 0 Å². The summed E-state index contributed by atoms with van der Waals surface area (Å²) in [6.45, 7) is 1.82. The Morgan fingerprint density at radius 3 is 3.07 bits per heavy atom. The Labute approximate surface area is 82.5 Å². The minimum absolute atomic E-state index is 0.106. The highest BCUT2D eigenvalue weighted by Gasteiger charge is 2.42. The van der Waals surface area contributed by atoms with E-state index in [-0.39, 0.29) is 24.3 Å². The minimum Gasteiger partial charge on any atom is -0.460 e. The number of esters is 1. The number of fused-ring (bicyclic) bond motifs is 1. The molecule has 0 spiro atoms. The van der Waals surface area contributed by atoms with E-state index in [1.54, 1.807) is 6.08 Å². The lowest BCUT2D eigenvalue weighted by Crippen LogP contribution is -2.22. The van der Waals surface area contributed by atoms with Gasteiger partial charge in [0.05, 0.1) is 12.2 Å². The highest BCUT2D eigenvalue weighted by atomic mass is 16.6. The van der Waals surface area contributed by atoms with Gasteiger partial charge >= 0.3 is 5.97 Å². The van der Waals surface area contributed by atoms with Gasteiger partial charge in [-0.25, -0.2) is 4.79 Å². The summed E-state index contributed by atoms with van der Waals surface area (Å²) in [5.41, 5.74) is 0. The number of cyclic esters (lactones) is 1. The normalized spacial score (nSPS) is 44.9. The van der Waals surface area contributed by atoms with Crippen LogP contribution in [0.3, 0.4) is 0 Å². The fraction of sp³-hybridized carbons (Fsp3) is 0.700. The standard InChI is InChI=1S/C10H14O4/c1-6-2-3-7(11)10-8(14-10)4-5-9(12)13-6/h4-8,10-11H,2-3H2,1H3/b5-4-/t6-,7+,8-,10+/m1/s1. The molecule has 4 heteroatoms. The summed E-state index contributed by atoms with van der Waals surface area (Å²) in [5, 5.41) is 9.63. The van der Waals surface area contributed by atoms with Crippen molar-refractivity contribution < 1.29 is 19.4 Å². The quantitative estimate of drug-likeness (QED) is 0.452. The Balaban J connectivity index is 2.02. The van der Waals surface area contributed by atoms with Gasteiger partial charge in [-0.2, -0.15) is 0 Å². The molecule has 0 amide bonds. The molecule has 0 bridgehead atoms. The van der Waals surface area contributed by atoms with E-state index in [9.17, 15) is 9.90 Å². The highest BCUT2D eigenvalue weighted by Crippen LogP contribution is 2.29. The number of epoxide rings is 1. The molecule has 78 valence electrons. The van der Waals surface area contributed by atoms with Crippen LogP contribution in [0.15, 0.2) is 12.2 Å². The molecule has 0 aliphatic carbocycles. The van der Waals surface area contributed by atoms with E-state index in [4.69, 9.17) is 9.47 Å². The molecule has 2 aliphatic rings. The zero-order valence-corrected chi connectivity index (χ0v) is 8.05. The van der Waals surface area contributed by atoms with Crippen LogP contribution in [0.4, 0.5) is 0 Å². The molecular formula is C10H14O4. The predicted octanol–water partition coefficient (Wildman–Crippen LogP) is 0.396. The number of aliphatic hydroxyl groups is 1. The van der Waals surface area contributed by atoms with Gasteiger partial charge in [-0.15, -0.1) is 0 Å². The highest BCUT2D eigenvalue weighted by molar-refractivity contribution is 5.82. The van der Waals surface area contributed by atoms with Gasteiger partial charge in [0.25, 0.3) is 0 Å². The first kappa shape index (κ1) is 9.68. The van der Waals surface area contributed by atoms with Crippen molar-refractivity contribution in [1.29, 1.82) is 0 Å². The topological polar surface area (TPSA) is 59.1 Å². The molecule has 2 aliphatic heterocycles. The molecule has 0 aromatic rings. The van der Waals surface area contributed by atoms with E-state index in [0.717, 1.165) is 0 Å². The summed E-state index contributed by atoms with van der Waals surface area (Å²) in [6.07, 6.45) is 3.50. The average Bonchev–Trinajstić information content (AvgIpc) is 2.89. The number of carbonyl (C=O) groups excluding carboxylic acids is 1. The molecule has 14 heavy (non-hydrogen) atoms. The second-order valence-electron chi connectivity index (χ2n) is 3.82. The summed E-state index contributed by atoms with van der Waals surface area (Å²) in [7, 11) is 0. The Bertz CT molecular complexity index is 261. The van der Waals surface area contributed by atoms with Crippen LogP contribution in [0.1, 0.15) is 19.8 Å². The van der Waals surface area contributed by atoms with Gasteiger partial charge < -0.3 is 14.6 Å². The van der Waals surface area contributed by atoms with Crippen molar-refractivity contribution in [3.05, 3.63) is 12.2 Å². The molecule has 0 unspecified atom stereocenters. The first-order chi connectivity index (χ1) is 6.66. The largest absolute Gasteiger partial charge is 0.460 e. The van der Waals surface area contributed by atoms with E-state index >= 15 is 0 Å². The van der Waals surface area contributed by atoms with Crippen molar-refractivity contribution in [2.45, 2.75) is 44.2 Å². The molecule has 0 saturated carbocycles. The van der Waals surface area contributed by atoms with E-state index in [0.29, 0.717) is 12.8 Å². The summed E-state index contributed by atoms with van der Waals surface area (Å²) in [4.78, 5) is 11.1. The third-order valence-electron chi connectivity index (χ3n) is 2.55. The molecule has 1 fully saturated rings. The van der Waals surface area contributed by atoms with Crippen molar-refractivity contribution in [3.63, 3.8) is 0 Å². The summed E-state index contributed by atoms with van der Waals surface area (Å²) >= 11 is 0. The molecule has 0 radical (unpaired) electrons. The SMILES string of the molecule is C[C@@H]1CC[C@H](O)[C@@H]2O[C@@H]2/C=C\C(=O)O1. The molecule has 4 nitrogen and oxygen atoms in total. The van der Waals surface area contributed by atoms with Crippen molar-refractivity contribution >= 4 is 5.97 Å². The number of hydrogen-bond donors (Lipinski definition) is 1. The summed E-state index contributed by atoms with van der Waals surface area (Å²) in [6, 6.07) is 0. The first-order valence-electron chi connectivity index (χ1n) is 4.89. The van der Waals surface area contributed by atoms with Crippen LogP contribution >= 0.6 is 0 Å². The third-order valence-corrected chi connectivity index (χ3v) is 2.55. The maximum Gasteiger partial charge on any atom is 0.330 e. The molecule has 1 saturated heterocycles. The zero-order chi connectivity index (χ0) is 10.1. The Hall–Kier alpha value is -0.870. The van der Waals surface area contributed by atoms with Crippen molar-refractivity contribution in [2.24, 2.45) is 0 Å². The van der Waals surface area contributed by atoms with Crippen molar-refractivity contribution in [1.82, 2.24) is 0 Å². The fourth-order valence-corrected chi connectivity index (χ4v) is 1.64. The number of hydrogen-bond acceptors (Lipinski definition) is 4. The maximum absolute atomic E-state index is 11.1. The Kier molecular flexibility index (Phi) is 2.56. The lowest BCUT2D eigenvalue weighted by Gasteiger charge is -2.14. The third kappa shape index (κ3) is 2.13. The van der Waals surface area contributed by atoms with Crippen LogP contribution in [-0.4, -0.2) is 35.5 Å². The van der Waals surface area contributed by atoms with E-state index in [1.165, 1.54) is 6.08 Å². The smallest absolute Gasteiger partial charge is 0.330 e. The molecule has 1 N–H and O–H groups in total. The number of rotatable bonds is 0. The Morgan fingerprint density at radius 1 is 1.50 bits per heavy atom. The van der Waals surface area contributed by atoms with Gasteiger partial charge in [-0.1, -0.05) is 0 Å². The Morgan fingerprint density at radius 2 is 2.29 bits per heavy atom. The maximum atomic E-state index is 11.1. The molecule has 0 aromatic heterocycles. The second-order valence-corrected chi connectivity index (χ2v) is 3.82. The molecular weight excluding hydrogens is 184 g/mol. The van der Waals surface area contributed by atoms with Crippen LogP contribution in [0.25, 0.3) is 0 Å². The van der Waals surface area contributed by atoms with Gasteiger partial charge in [0.1, 0.15) is 12.2 Å². The summed E-state index contributed by atoms with van der Waals surface area (Å²) in [5.74, 6) is -0.330. The van der Waals surface area contributed by atoms with Crippen LogP contribution in [0.2, 0.25) is 0 Å². The van der Waals surface area contributed by atoms with Crippen LogP contribution in [0, 0.1) is 0 Å². The minimum atomic E-state index is -0.441. The number of carbonyl (C=O) groups is 1. The fourth-order valence-electron chi connectivity index (χ4n) is 1.64. The molecule has 2 rings (SSSR count). The lowest BCUT2D eigenvalue weighted by atomic mass is 10.1. The van der Waals surface area contributed by atoms with E-state index < -0.39 is 6.10 Å². The van der Waals surface area contributed by atoms with Crippen LogP contribution < -0.4 is 0 Å². The van der Waals surface area contributed by atoms with Crippen LogP contribution in [-0.2, 0) is 14.3 Å². The molecule has 4 atom stereocenters. The summed E-state index contributed by atoms with van der Waals surface area (Å²) < 4.78 is 10.2. The number of aliphatic hydroxyl groups excluding tert-OH is 1. The van der Waals surface area contributed by atoms with Gasteiger partial charge in [0.15, 0.2) is 0 Å². The van der Waals surface area contributed by atoms with E-state index in [1.807, 2.05) is 6.92 Å². The van der Waals surface area contributed by atoms with Crippen LogP contribution in [0.5, 0.6) is 0 Å². The van der Waals surface area contributed by atoms with Gasteiger partial charge in [0.2, 0.25) is 0 Å². The molecule has 0 aromatic carbocycles. The average molecular weight is 198 g/mol. The second kappa shape index (κ2) is 3.71. The number of ether oxygens (including phenoxy) is 2. The van der Waals surface area contributed by atoms with Crippen molar-refractivity contribution in [3.8, 4) is 0 Å². The first-order valence-corrected chi connectivity index (χ1v) is 4.89. The predicted molar refractivity (Wildman–Crippen MR) is 48.6 cm³/mol. The zero-order valence-electron chi connectivity index (χ0n) is 8.05. The van der Waals surface area contributed by atoms with Gasteiger partial charge in [0, 0.05) is 6.08 Å². The van der Waals surface area contributed by atoms with Gasteiger partial charge in [-0.3, -0.25) is 0 Å². The monoisotopic (exact) mass is 198 g/mol. The van der Waals surface area contributed by atoms with Gasteiger partial charge in [-0.05, 0) is 25.8 Å². The molecule has 2 heterocycles. The van der Waals surface area contributed by atoms with Crippen molar-refractivity contribution in [2.75, 3.05) is 0 Å². The lowest BCUT2D eigenvalue weighted by molar-refractivity contribution is -0.142.